The van der Waals surface area contributed by atoms with Crippen LogP contribution in [0.3, 0.4) is 0 Å². The van der Waals surface area contributed by atoms with Gasteiger partial charge in [0.25, 0.3) is 0 Å². The van der Waals surface area contributed by atoms with E-state index >= 15 is 0 Å². The topological polar surface area (TPSA) is 85.1 Å². The number of alkyl halides is 1. The van der Waals surface area contributed by atoms with E-state index in [4.69, 9.17) is 4.74 Å². The molecule has 0 bridgehead atoms. The molecule has 0 amide bonds. The lowest BCUT2D eigenvalue weighted by molar-refractivity contribution is 0.0837. The molecule has 1 aliphatic rings. The minimum Gasteiger partial charge on any atom is -0.507 e. The van der Waals surface area contributed by atoms with Crippen LogP contribution in [0.25, 0.3) is 16.9 Å². The number of benzene rings is 1. The van der Waals surface area contributed by atoms with Crippen molar-refractivity contribution in [1.29, 1.82) is 0 Å². The summed E-state index contributed by atoms with van der Waals surface area (Å²) < 4.78 is 34.7. The molecule has 3 aromatic rings. The molecule has 0 radical (unpaired) electrons. The molecule has 1 fully saturated rings. The third kappa shape index (κ3) is 4.40. The standard InChI is InChI=1S/C21H23F2N5O2/c1-24-14-3-2-4-17(23)20(9-14)30-21-8-7-18(26-27-21)16-6-5-15(10-19(16)29)28-12-13(22)11-25-28/h5-8,10-12,14,17,20,24,29H,2-4,9H2,1H3/t14?,17?,20-/m0/s1. The van der Waals surface area contributed by atoms with E-state index in [1.54, 1.807) is 24.3 Å². The number of aromatic nitrogens is 4. The highest BCUT2D eigenvalue weighted by Crippen LogP contribution is 2.30. The van der Waals surface area contributed by atoms with Gasteiger partial charge in [-0.05, 0) is 44.5 Å². The molecule has 9 heteroatoms. The quantitative estimate of drug-likeness (QED) is 0.621. The maximum absolute atomic E-state index is 14.4. The Morgan fingerprint density at radius 3 is 2.73 bits per heavy atom. The Morgan fingerprint density at radius 1 is 1.20 bits per heavy atom. The van der Waals surface area contributed by atoms with Crippen LogP contribution in [0.15, 0.2) is 42.7 Å². The van der Waals surface area contributed by atoms with Crippen molar-refractivity contribution in [2.24, 2.45) is 0 Å². The third-order valence-electron chi connectivity index (χ3n) is 5.35. The van der Waals surface area contributed by atoms with Gasteiger partial charge in [0.1, 0.15) is 18.0 Å². The minimum absolute atomic E-state index is 0.0455. The third-order valence-corrected chi connectivity index (χ3v) is 5.35. The van der Waals surface area contributed by atoms with Crippen LogP contribution in [0.1, 0.15) is 25.7 Å². The van der Waals surface area contributed by atoms with Crippen LogP contribution in [0.5, 0.6) is 11.6 Å². The van der Waals surface area contributed by atoms with Gasteiger partial charge in [-0.3, -0.25) is 0 Å². The molecule has 0 saturated heterocycles. The number of halogens is 2. The molecule has 0 aliphatic heterocycles. The highest BCUT2D eigenvalue weighted by atomic mass is 19.1. The van der Waals surface area contributed by atoms with Crippen LogP contribution in [0.4, 0.5) is 8.78 Å². The van der Waals surface area contributed by atoms with Gasteiger partial charge in [-0.1, -0.05) is 0 Å². The number of nitrogens with one attached hydrogen (secondary N) is 1. The normalized spacial score (nSPS) is 21.9. The first-order valence-electron chi connectivity index (χ1n) is 9.89. The van der Waals surface area contributed by atoms with E-state index in [0.29, 0.717) is 29.8 Å². The van der Waals surface area contributed by atoms with Crippen LogP contribution >= 0.6 is 0 Å². The fraction of sp³-hybridized carbons (Fsp3) is 0.381. The number of aromatic hydroxyl groups is 1. The molecule has 2 aromatic heterocycles. The van der Waals surface area contributed by atoms with E-state index in [1.807, 2.05) is 7.05 Å². The molecule has 1 aromatic carbocycles. The van der Waals surface area contributed by atoms with Crippen molar-refractivity contribution in [3.05, 3.63) is 48.5 Å². The highest BCUT2D eigenvalue weighted by Gasteiger charge is 2.29. The van der Waals surface area contributed by atoms with Gasteiger partial charge >= 0.3 is 0 Å². The predicted molar refractivity (Wildman–Crippen MR) is 107 cm³/mol. The monoisotopic (exact) mass is 415 g/mol. The Kier molecular flexibility index (Phi) is 5.89. The molecule has 2 N–H and O–H groups in total. The summed E-state index contributed by atoms with van der Waals surface area (Å²) in [5, 5.41) is 25.6. The first kappa shape index (κ1) is 20.2. The fourth-order valence-electron chi connectivity index (χ4n) is 3.68. The van der Waals surface area contributed by atoms with Crippen molar-refractivity contribution in [3.63, 3.8) is 0 Å². The fourth-order valence-corrected chi connectivity index (χ4v) is 3.68. The second-order valence-corrected chi connectivity index (χ2v) is 7.39. The first-order chi connectivity index (χ1) is 14.5. The average molecular weight is 415 g/mol. The molecule has 2 heterocycles. The number of ether oxygens (including phenoxy) is 1. The zero-order valence-electron chi connectivity index (χ0n) is 16.5. The molecule has 2 unspecified atom stereocenters. The van der Waals surface area contributed by atoms with Crippen LogP contribution < -0.4 is 10.1 Å². The number of nitrogens with zero attached hydrogens (tertiary/aromatic N) is 4. The van der Waals surface area contributed by atoms with Gasteiger partial charge in [-0.25, -0.2) is 13.5 Å². The van der Waals surface area contributed by atoms with Crippen molar-refractivity contribution >= 4 is 0 Å². The Balaban J connectivity index is 1.49. The Hall–Kier alpha value is -3.07. The summed E-state index contributed by atoms with van der Waals surface area (Å²) in [6.45, 7) is 0. The summed E-state index contributed by atoms with van der Waals surface area (Å²) in [6.07, 6.45) is 3.45. The summed E-state index contributed by atoms with van der Waals surface area (Å²) >= 11 is 0. The van der Waals surface area contributed by atoms with Crippen LogP contribution in [-0.2, 0) is 0 Å². The maximum atomic E-state index is 14.4. The van der Waals surface area contributed by atoms with Gasteiger partial charge in [-0.2, -0.15) is 5.10 Å². The molecule has 3 atom stereocenters. The van der Waals surface area contributed by atoms with Gasteiger partial charge in [0, 0.05) is 30.2 Å². The average Bonchev–Trinajstić information content (AvgIpc) is 3.10. The van der Waals surface area contributed by atoms with Crippen LogP contribution in [0, 0.1) is 5.82 Å². The van der Waals surface area contributed by atoms with E-state index in [-0.39, 0.29) is 17.7 Å². The summed E-state index contributed by atoms with van der Waals surface area (Å²) in [6, 6.07) is 8.28. The zero-order chi connectivity index (χ0) is 21.1. The van der Waals surface area contributed by atoms with E-state index in [2.05, 4.69) is 20.6 Å². The van der Waals surface area contributed by atoms with Gasteiger partial charge in [0.05, 0.1) is 23.8 Å². The molecule has 7 nitrogen and oxygen atoms in total. The SMILES string of the molecule is CNC1CCCC(F)[C@@H](Oc2ccc(-c3ccc(-n4cc(F)cn4)cc3O)nn2)C1. The molecule has 4 rings (SSSR count). The molecular formula is C21H23F2N5O2. The number of rotatable bonds is 5. The first-order valence-corrected chi connectivity index (χ1v) is 9.89. The van der Waals surface area contributed by atoms with Crippen molar-refractivity contribution in [2.45, 2.75) is 44.0 Å². The molecule has 1 saturated carbocycles. The van der Waals surface area contributed by atoms with Crippen molar-refractivity contribution < 1.29 is 18.6 Å². The van der Waals surface area contributed by atoms with Gasteiger partial charge in [0.2, 0.25) is 5.88 Å². The molecular weight excluding hydrogens is 392 g/mol. The van der Waals surface area contributed by atoms with Gasteiger partial charge in [0.15, 0.2) is 5.82 Å². The van der Waals surface area contributed by atoms with Crippen molar-refractivity contribution in [1.82, 2.24) is 25.3 Å². The van der Waals surface area contributed by atoms with E-state index in [1.165, 1.54) is 16.9 Å². The summed E-state index contributed by atoms with van der Waals surface area (Å²) in [5.41, 5.74) is 1.40. The van der Waals surface area contributed by atoms with E-state index < -0.39 is 18.1 Å². The predicted octanol–water partition coefficient (Wildman–Crippen LogP) is 3.42. The second-order valence-electron chi connectivity index (χ2n) is 7.39. The van der Waals surface area contributed by atoms with Crippen molar-refractivity contribution in [3.8, 4) is 28.6 Å². The smallest absolute Gasteiger partial charge is 0.233 e. The minimum atomic E-state index is -1.05. The largest absolute Gasteiger partial charge is 0.507 e. The van der Waals surface area contributed by atoms with Gasteiger partial charge < -0.3 is 15.2 Å². The molecule has 30 heavy (non-hydrogen) atoms. The number of phenolic OH excluding ortho intramolecular Hbond substituents is 1. The lowest BCUT2D eigenvalue weighted by Crippen LogP contribution is -2.35. The number of hydrogen-bond donors (Lipinski definition) is 2. The summed E-state index contributed by atoms with van der Waals surface area (Å²) in [7, 11) is 1.87. The highest BCUT2D eigenvalue weighted by molar-refractivity contribution is 5.68. The van der Waals surface area contributed by atoms with Crippen molar-refractivity contribution in [2.75, 3.05) is 7.05 Å². The van der Waals surface area contributed by atoms with Crippen LogP contribution in [0.2, 0.25) is 0 Å². The van der Waals surface area contributed by atoms with E-state index in [0.717, 1.165) is 19.0 Å². The Bertz CT molecular complexity index is 995. The summed E-state index contributed by atoms with van der Waals surface area (Å²) in [5.74, 6) is -0.271. The lowest BCUT2D eigenvalue weighted by atomic mass is 10.1. The Labute approximate surface area is 172 Å². The van der Waals surface area contributed by atoms with E-state index in [9.17, 15) is 13.9 Å². The molecule has 1 aliphatic carbocycles. The number of hydrogen-bond acceptors (Lipinski definition) is 6. The summed E-state index contributed by atoms with van der Waals surface area (Å²) in [4.78, 5) is 0. The zero-order valence-corrected chi connectivity index (χ0v) is 16.5. The number of phenols is 1. The Morgan fingerprint density at radius 2 is 2.07 bits per heavy atom. The van der Waals surface area contributed by atoms with Crippen LogP contribution in [-0.4, -0.2) is 50.4 Å². The second kappa shape index (κ2) is 8.74. The maximum Gasteiger partial charge on any atom is 0.233 e. The molecule has 158 valence electrons. The lowest BCUT2D eigenvalue weighted by Gasteiger charge is -2.22. The molecule has 0 spiro atoms. The van der Waals surface area contributed by atoms with Gasteiger partial charge in [-0.15, -0.1) is 10.2 Å².